The Balaban J connectivity index is 0.00000280. The van der Waals surface area contributed by atoms with Crippen LogP contribution in [-0.4, -0.2) is 55.7 Å². The summed E-state index contributed by atoms with van der Waals surface area (Å²) in [5, 5.41) is 6.81. The van der Waals surface area contributed by atoms with E-state index in [0.29, 0.717) is 25.7 Å². The van der Waals surface area contributed by atoms with Crippen molar-refractivity contribution in [3.05, 3.63) is 30.9 Å². The van der Waals surface area contributed by atoms with Crippen molar-refractivity contribution in [2.24, 2.45) is 4.99 Å². The van der Waals surface area contributed by atoms with Crippen LogP contribution in [0.3, 0.4) is 0 Å². The van der Waals surface area contributed by atoms with Crippen LogP contribution in [0.5, 0.6) is 11.5 Å². The van der Waals surface area contributed by atoms with Crippen LogP contribution in [0.15, 0.2) is 35.8 Å². The van der Waals surface area contributed by atoms with Crippen molar-refractivity contribution < 1.29 is 14.3 Å². The Hall–Kier alpha value is -1.97. The van der Waals surface area contributed by atoms with Crippen molar-refractivity contribution in [1.29, 1.82) is 0 Å². The molecule has 2 aliphatic rings. The van der Waals surface area contributed by atoms with E-state index in [1.165, 1.54) is 0 Å². The third kappa shape index (κ3) is 6.29. The van der Waals surface area contributed by atoms with Gasteiger partial charge in [-0.05, 0) is 25.0 Å². The van der Waals surface area contributed by atoms with E-state index in [4.69, 9.17) is 9.47 Å². The maximum Gasteiger partial charge on any atom is 0.219 e. The summed E-state index contributed by atoms with van der Waals surface area (Å²) in [5.41, 5.74) is 0.885. The van der Waals surface area contributed by atoms with E-state index in [0.717, 1.165) is 49.5 Å². The zero-order valence-corrected chi connectivity index (χ0v) is 18.6. The summed E-state index contributed by atoms with van der Waals surface area (Å²) >= 11 is 0. The predicted molar refractivity (Wildman–Crippen MR) is 122 cm³/mol. The summed E-state index contributed by atoms with van der Waals surface area (Å²) in [6.45, 7) is 8.75. The second kappa shape index (κ2) is 11.1. The molecule has 1 amide bonds. The van der Waals surface area contributed by atoms with Gasteiger partial charge in [0.15, 0.2) is 17.5 Å². The Morgan fingerprint density at radius 1 is 1.29 bits per heavy atom. The van der Waals surface area contributed by atoms with Crippen LogP contribution in [0, 0.1) is 0 Å². The number of anilines is 1. The molecular weight excluding hydrogens is 471 g/mol. The molecule has 0 atom stereocenters. The minimum atomic E-state index is 0. The largest absolute Gasteiger partial charge is 0.490 e. The number of carbonyl (C=O) groups excluding carboxylic acids is 1. The number of halogens is 1. The zero-order chi connectivity index (χ0) is 19.1. The summed E-state index contributed by atoms with van der Waals surface area (Å²) in [5.74, 6) is 2.35. The van der Waals surface area contributed by atoms with E-state index < -0.39 is 0 Å². The molecule has 1 fully saturated rings. The van der Waals surface area contributed by atoms with E-state index in [1.54, 1.807) is 13.0 Å². The molecule has 0 aliphatic carbocycles. The van der Waals surface area contributed by atoms with Gasteiger partial charge in [-0.1, -0.05) is 6.08 Å². The summed E-state index contributed by atoms with van der Waals surface area (Å²) in [6.07, 6.45) is 4.44. The first-order chi connectivity index (χ1) is 13.2. The lowest BCUT2D eigenvalue weighted by atomic mass is 10.1. The van der Waals surface area contributed by atoms with Gasteiger partial charge in [-0.2, -0.15) is 0 Å². The van der Waals surface area contributed by atoms with E-state index in [-0.39, 0.29) is 35.9 Å². The van der Waals surface area contributed by atoms with Gasteiger partial charge < -0.3 is 25.0 Å². The standard InChI is InChI=1S/C20H28N4O3.HI/c1-3-9-21-20(22-16-7-10-24(11-8-16)15(2)25)23-17-5-6-18-19(14-17)27-13-4-12-26-18;/h3,5-6,14,16H,1,4,7-13H2,2H3,(H2,21,22,23);1H. The average molecular weight is 500 g/mol. The quantitative estimate of drug-likeness (QED) is 0.288. The van der Waals surface area contributed by atoms with Crippen LogP contribution in [0.1, 0.15) is 26.2 Å². The first-order valence-corrected chi connectivity index (χ1v) is 9.50. The molecule has 0 unspecified atom stereocenters. The maximum absolute atomic E-state index is 11.5. The average Bonchev–Trinajstić information content (AvgIpc) is 2.91. The molecule has 0 radical (unpaired) electrons. The van der Waals surface area contributed by atoms with Gasteiger partial charge in [0.25, 0.3) is 0 Å². The highest BCUT2D eigenvalue weighted by atomic mass is 127. The molecule has 7 nitrogen and oxygen atoms in total. The van der Waals surface area contributed by atoms with Crippen LogP contribution in [0.2, 0.25) is 0 Å². The summed E-state index contributed by atoms with van der Waals surface area (Å²) < 4.78 is 11.4. The molecule has 28 heavy (non-hydrogen) atoms. The molecule has 2 aliphatic heterocycles. The van der Waals surface area contributed by atoms with Gasteiger partial charge in [-0.3, -0.25) is 4.79 Å². The van der Waals surface area contributed by atoms with E-state index >= 15 is 0 Å². The number of nitrogens with one attached hydrogen (secondary N) is 2. The number of ether oxygens (including phenoxy) is 2. The van der Waals surface area contributed by atoms with Gasteiger partial charge >= 0.3 is 0 Å². The number of rotatable bonds is 4. The van der Waals surface area contributed by atoms with Crippen molar-refractivity contribution in [3.63, 3.8) is 0 Å². The molecule has 0 bridgehead atoms. The molecule has 2 heterocycles. The van der Waals surface area contributed by atoms with Crippen molar-refractivity contribution in [2.45, 2.75) is 32.2 Å². The van der Waals surface area contributed by atoms with Crippen LogP contribution in [-0.2, 0) is 4.79 Å². The Morgan fingerprint density at radius 2 is 2.00 bits per heavy atom. The predicted octanol–water partition coefficient (Wildman–Crippen LogP) is 3.02. The molecule has 3 rings (SSSR count). The Bertz CT molecular complexity index is 703. The normalized spacial score (nSPS) is 17.2. The third-order valence-electron chi connectivity index (χ3n) is 4.67. The van der Waals surface area contributed by atoms with Gasteiger partial charge in [0.1, 0.15) is 0 Å². The van der Waals surface area contributed by atoms with Crippen LogP contribution < -0.4 is 20.1 Å². The smallest absolute Gasteiger partial charge is 0.219 e. The van der Waals surface area contributed by atoms with Crippen molar-refractivity contribution in [3.8, 4) is 11.5 Å². The van der Waals surface area contributed by atoms with Crippen LogP contribution in [0.4, 0.5) is 5.69 Å². The first kappa shape index (κ1) is 22.3. The topological polar surface area (TPSA) is 75.2 Å². The third-order valence-corrected chi connectivity index (χ3v) is 4.67. The number of hydrogen-bond acceptors (Lipinski definition) is 4. The van der Waals surface area contributed by atoms with Gasteiger partial charge in [0, 0.05) is 44.2 Å². The number of fused-ring (bicyclic) bond motifs is 1. The molecule has 0 aromatic heterocycles. The monoisotopic (exact) mass is 500 g/mol. The van der Waals surface area contributed by atoms with Crippen LogP contribution in [0.25, 0.3) is 0 Å². The molecule has 1 saturated heterocycles. The number of nitrogens with zero attached hydrogens (tertiary/aromatic N) is 2. The molecule has 154 valence electrons. The number of piperidine rings is 1. The SMILES string of the molecule is C=CCN=C(Nc1ccc2c(c1)OCCCO2)NC1CCN(C(C)=O)CC1.I. The Morgan fingerprint density at radius 3 is 2.68 bits per heavy atom. The number of likely N-dealkylation sites (tertiary alicyclic amines) is 1. The fraction of sp³-hybridized carbons (Fsp3) is 0.500. The molecular formula is C20H29IN4O3. The van der Waals surface area contributed by atoms with Gasteiger partial charge in [0.2, 0.25) is 5.91 Å². The lowest BCUT2D eigenvalue weighted by Gasteiger charge is -2.32. The van der Waals surface area contributed by atoms with E-state index in [1.807, 2.05) is 23.1 Å². The minimum absolute atomic E-state index is 0. The summed E-state index contributed by atoms with van der Waals surface area (Å²) in [4.78, 5) is 17.9. The van der Waals surface area contributed by atoms with Crippen molar-refractivity contribution in [2.75, 3.05) is 38.2 Å². The zero-order valence-electron chi connectivity index (χ0n) is 16.3. The molecule has 8 heteroatoms. The number of benzene rings is 1. The van der Waals surface area contributed by atoms with Gasteiger partial charge in [-0.15, -0.1) is 30.6 Å². The molecule has 0 spiro atoms. The summed E-state index contributed by atoms with van der Waals surface area (Å²) in [6, 6.07) is 6.08. The highest BCUT2D eigenvalue weighted by molar-refractivity contribution is 14.0. The molecule has 1 aromatic carbocycles. The lowest BCUT2D eigenvalue weighted by molar-refractivity contribution is -0.129. The number of carbonyl (C=O) groups is 1. The van der Waals surface area contributed by atoms with Crippen molar-refractivity contribution in [1.82, 2.24) is 10.2 Å². The number of hydrogen-bond donors (Lipinski definition) is 2. The second-order valence-electron chi connectivity index (χ2n) is 6.74. The first-order valence-electron chi connectivity index (χ1n) is 9.50. The fourth-order valence-corrected chi connectivity index (χ4v) is 3.19. The lowest BCUT2D eigenvalue weighted by Crippen LogP contribution is -2.47. The van der Waals surface area contributed by atoms with Crippen LogP contribution >= 0.6 is 24.0 Å². The summed E-state index contributed by atoms with van der Waals surface area (Å²) in [7, 11) is 0. The number of aliphatic imine (C=N–C) groups is 1. The number of guanidine groups is 1. The molecule has 1 aromatic rings. The molecule has 0 saturated carbocycles. The maximum atomic E-state index is 11.5. The fourth-order valence-electron chi connectivity index (χ4n) is 3.19. The van der Waals surface area contributed by atoms with Gasteiger partial charge in [-0.25, -0.2) is 4.99 Å². The Kier molecular flexibility index (Phi) is 8.88. The van der Waals surface area contributed by atoms with Gasteiger partial charge in [0.05, 0.1) is 19.8 Å². The van der Waals surface area contributed by atoms with E-state index in [2.05, 4.69) is 22.2 Å². The molecule has 2 N–H and O–H groups in total. The highest BCUT2D eigenvalue weighted by Crippen LogP contribution is 2.32. The Labute approximate surface area is 183 Å². The van der Waals surface area contributed by atoms with Crippen molar-refractivity contribution >= 4 is 41.5 Å². The second-order valence-corrected chi connectivity index (χ2v) is 6.74. The highest BCUT2D eigenvalue weighted by Gasteiger charge is 2.21. The minimum Gasteiger partial charge on any atom is -0.490 e. The van der Waals surface area contributed by atoms with E-state index in [9.17, 15) is 4.79 Å². The number of amides is 1.